The normalized spacial score (nSPS) is 9.80. The summed E-state index contributed by atoms with van der Waals surface area (Å²) >= 11 is 0. The highest BCUT2D eigenvalue weighted by Gasteiger charge is 2.31. The SMILES string of the molecule is N#CCCC(C#N)(CCC#N)c1ccc(CC#N)cc1. The molecular weight excluding hydrogens is 248 g/mol. The minimum Gasteiger partial charge on any atom is -0.198 e. The molecule has 0 unspecified atom stereocenters. The molecule has 1 rings (SSSR count). The number of benzene rings is 1. The molecular formula is C16H14N4. The van der Waals surface area contributed by atoms with Crippen LogP contribution in [0.15, 0.2) is 24.3 Å². The van der Waals surface area contributed by atoms with Crippen LogP contribution >= 0.6 is 0 Å². The Morgan fingerprint density at radius 2 is 1.35 bits per heavy atom. The van der Waals surface area contributed by atoms with Crippen LogP contribution in [0, 0.1) is 45.3 Å². The number of rotatable bonds is 6. The summed E-state index contributed by atoms with van der Waals surface area (Å²) < 4.78 is 0. The number of nitrogens with zero attached hydrogens (tertiary/aromatic N) is 4. The third kappa shape index (κ3) is 3.58. The number of hydrogen-bond acceptors (Lipinski definition) is 4. The van der Waals surface area contributed by atoms with Crippen molar-refractivity contribution < 1.29 is 0 Å². The standard InChI is InChI=1S/C16H14N4/c17-10-1-8-16(13-20,9-2-11-18)15-5-3-14(4-6-15)7-12-19/h3-6H,1-2,7-9H2. The second kappa shape index (κ2) is 7.58. The van der Waals surface area contributed by atoms with E-state index in [4.69, 9.17) is 15.8 Å². The first-order chi connectivity index (χ1) is 9.72. The van der Waals surface area contributed by atoms with Gasteiger partial charge in [-0.3, -0.25) is 0 Å². The Morgan fingerprint density at radius 1 is 0.800 bits per heavy atom. The van der Waals surface area contributed by atoms with Crippen molar-refractivity contribution in [2.75, 3.05) is 0 Å². The first-order valence-electron chi connectivity index (χ1n) is 6.34. The second-order valence-corrected chi connectivity index (χ2v) is 4.54. The molecule has 0 fully saturated rings. The minimum absolute atomic E-state index is 0.277. The zero-order chi connectivity index (χ0) is 14.8. The maximum absolute atomic E-state index is 9.53. The van der Waals surface area contributed by atoms with E-state index in [1.165, 1.54) is 0 Å². The van der Waals surface area contributed by atoms with Crippen LogP contribution in [0.3, 0.4) is 0 Å². The van der Waals surface area contributed by atoms with E-state index in [1.807, 2.05) is 24.3 Å². The van der Waals surface area contributed by atoms with Gasteiger partial charge in [-0.25, -0.2) is 0 Å². The summed E-state index contributed by atoms with van der Waals surface area (Å²) in [6.07, 6.45) is 1.71. The van der Waals surface area contributed by atoms with Crippen molar-refractivity contribution in [3.8, 4) is 24.3 Å². The number of hydrogen-bond donors (Lipinski definition) is 0. The third-order valence-electron chi connectivity index (χ3n) is 3.33. The Kier molecular flexibility index (Phi) is 5.77. The zero-order valence-electron chi connectivity index (χ0n) is 11.1. The van der Waals surface area contributed by atoms with Crippen molar-refractivity contribution in [2.24, 2.45) is 0 Å². The lowest BCUT2D eigenvalue weighted by Crippen LogP contribution is -2.24. The van der Waals surface area contributed by atoms with Gasteiger partial charge in [0.25, 0.3) is 0 Å². The van der Waals surface area contributed by atoms with E-state index in [0.29, 0.717) is 19.3 Å². The predicted molar refractivity (Wildman–Crippen MR) is 72.7 cm³/mol. The maximum Gasteiger partial charge on any atom is 0.0842 e. The largest absolute Gasteiger partial charge is 0.198 e. The van der Waals surface area contributed by atoms with Gasteiger partial charge in [0.1, 0.15) is 0 Å². The first kappa shape index (κ1) is 15.2. The third-order valence-corrected chi connectivity index (χ3v) is 3.33. The highest BCUT2D eigenvalue weighted by molar-refractivity contribution is 5.35. The lowest BCUT2D eigenvalue weighted by molar-refractivity contribution is 0.476. The van der Waals surface area contributed by atoms with Gasteiger partial charge in [0, 0.05) is 12.8 Å². The van der Waals surface area contributed by atoms with Crippen molar-refractivity contribution in [3.63, 3.8) is 0 Å². The molecule has 98 valence electrons. The fourth-order valence-corrected chi connectivity index (χ4v) is 2.16. The van der Waals surface area contributed by atoms with Gasteiger partial charge in [0.05, 0.1) is 36.1 Å². The van der Waals surface area contributed by atoms with E-state index in [0.717, 1.165) is 11.1 Å². The highest BCUT2D eigenvalue weighted by atomic mass is 14.4. The molecule has 0 spiro atoms. The highest BCUT2D eigenvalue weighted by Crippen LogP contribution is 2.33. The molecule has 0 aliphatic heterocycles. The average molecular weight is 262 g/mol. The Labute approximate surface area is 119 Å². The van der Waals surface area contributed by atoms with Crippen LogP contribution in [0.1, 0.15) is 36.8 Å². The van der Waals surface area contributed by atoms with Gasteiger partial charge in [-0.2, -0.15) is 21.0 Å². The van der Waals surface area contributed by atoms with E-state index in [9.17, 15) is 5.26 Å². The van der Waals surface area contributed by atoms with E-state index in [1.54, 1.807) is 0 Å². The summed E-state index contributed by atoms with van der Waals surface area (Å²) in [4.78, 5) is 0. The Bertz CT molecular complexity index is 584. The van der Waals surface area contributed by atoms with E-state index in [-0.39, 0.29) is 12.8 Å². The topological polar surface area (TPSA) is 95.2 Å². The second-order valence-electron chi connectivity index (χ2n) is 4.54. The molecule has 1 aromatic carbocycles. The van der Waals surface area contributed by atoms with E-state index in [2.05, 4.69) is 24.3 Å². The fourth-order valence-electron chi connectivity index (χ4n) is 2.16. The van der Waals surface area contributed by atoms with Gasteiger partial charge < -0.3 is 0 Å². The van der Waals surface area contributed by atoms with Crippen molar-refractivity contribution in [2.45, 2.75) is 37.5 Å². The summed E-state index contributed by atoms with van der Waals surface area (Å²) in [6, 6.07) is 15.8. The van der Waals surface area contributed by atoms with Crippen molar-refractivity contribution in [3.05, 3.63) is 35.4 Å². The Hall–Kier alpha value is -2.82. The van der Waals surface area contributed by atoms with Gasteiger partial charge in [-0.05, 0) is 24.0 Å². The van der Waals surface area contributed by atoms with Crippen molar-refractivity contribution in [1.29, 1.82) is 21.0 Å². The summed E-state index contributed by atoms with van der Waals surface area (Å²) in [5.74, 6) is 0. The van der Waals surface area contributed by atoms with Gasteiger partial charge in [0.2, 0.25) is 0 Å². The summed E-state index contributed by atoms with van der Waals surface area (Å²) in [5.41, 5.74) is 0.909. The van der Waals surface area contributed by atoms with Gasteiger partial charge in [0.15, 0.2) is 0 Å². The molecule has 0 N–H and O–H groups in total. The Morgan fingerprint density at radius 3 is 1.75 bits per heavy atom. The van der Waals surface area contributed by atoms with Crippen molar-refractivity contribution >= 4 is 0 Å². The lowest BCUT2D eigenvalue weighted by Gasteiger charge is -2.25. The van der Waals surface area contributed by atoms with Crippen LogP contribution in [0.4, 0.5) is 0 Å². The van der Waals surface area contributed by atoms with Gasteiger partial charge in [-0.15, -0.1) is 0 Å². The molecule has 1 aromatic rings. The fraction of sp³-hybridized carbons (Fsp3) is 0.375. The van der Waals surface area contributed by atoms with E-state index < -0.39 is 5.41 Å². The van der Waals surface area contributed by atoms with Crippen LogP contribution in [0.5, 0.6) is 0 Å². The summed E-state index contributed by atoms with van der Waals surface area (Å²) in [5, 5.41) is 35.7. The average Bonchev–Trinajstić information content (AvgIpc) is 2.49. The zero-order valence-corrected chi connectivity index (χ0v) is 11.1. The summed E-state index contributed by atoms with van der Waals surface area (Å²) in [7, 11) is 0. The van der Waals surface area contributed by atoms with Gasteiger partial charge in [-0.1, -0.05) is 24.3 Å². The van der Waals surface area contributed by atoms with Crippen LogP contribution < -0.4 is 0 Å². The van der Waals surface area contributed by atoms with Crippen molar-refractivity contribution in [1.82, 2.24) is 0 Å². The molecule has 0 aromatic heterocycles. The molecule has 0 aliphatic carbocycles. The maximum atomic E-state index is 9.53. The molecule has 0 aliphatic rings. The lowest BCUT2D eigenvalue weighted by atomic mass is 9.74. The molecule has 0 bridgehead atoms. The molecule has 0 heterocycles. The van der Waals surface area contributed by atoms with E-state index >= 15 is 0 Å². The molecule has 0 saturated heterocycles. The molecule has 4 nitrogen and oxygen atoms in total. The first-order valence-corrected chi connectivity index (χ1v) is 6.34. The Balaban J connectivity index is 3.09. The predicted octanol–water partition coefficient (Wildman–Crippen LogP) is 3.12. The quantitative estimate of drug-likeness (QED) is 0.786. The molecule has 0 radical (unpaired) electrons. The van der Waals surface area contributed by atoms with Crippen LogP contribution in [0.2, 0.25) is 0 Å². The van der Waals surface area contributed by atoms with Crippen LogP contribution in [-0.2, 0) is 11.8 Å². The smallest absolute Gasteiger partial charge is 0.0842 e. The monoisotopic (exact) mass is 262 g/mol. The van der Waals surface area contributed by atoms with Crippen LogP contribution in [0.25, 0.3) is 0 Å². The number of nitriles is 4. The molecule has 0 saturated carbocycles. The molecule has 20 heavy (non-hydrogen) atoms. The molecule has 4 heteroatoms. The van der Waals surface area contributed by atoms with Gasteiger partial charge >= 0.3 is 0 Å². The molecule has 0 atom stereocenters. The minimum atomic E-state index is -0.795. The molecule has 0 amide bonds. The van der Waals surface area contributed by atoms with Crippen LogP contribution in [-0.4, -0.2) is 0 Å². The summed E-state index contributed by atoms with van der Waals surface area (Å²) in [6.45, 7) is 0.